The lowest BCUT2D eigenvalue weighted by atomic mass is 10.0. The van der Waals surface area contributed by atoms with Crippen LogP contribution in [0.1, 0.15) is 19.4 Å². The second-order valence-corrected chi connectivity index (χ2v) is 6.72. The predicted molar refractivity (Wildman–Crippen MR) is 107 cm³/mol. The standard InChI is InChI=1S/C21H25N3O4/c1-14(2)20(24-19(26)12-15-6-4-3-5-7-15)21(27)23-16-8-10-17(11-9-16)28-13-18(22)25/h3-11,14,20H,12-13H2,1-2H3,(H2,22,25)(H,23,27)(H,24,26). The van der Waals surface area contributed by atoms with Crippen molar-refractivity contribution < 1.29 is 19.1 Å². The molecule has 0 aliphatic rings. The Morgan fingerprint density at radius 1 is 1.00 bits per heavy atom. The zero-order valence-electron chi connectivity index (χ0n) is 16.0. The van der Waals surface area contributed by atoms with Crippen molar-refractivity contribution in [1.29, 1.82) is 0 Å². The first-order valence-corrected chi connectivity index (χ1v) is 9.00. The van der Waals surface area contributed by atoms with Crippen molar-refractivity contribution in [2.24, 2.45) is 11.7 Å². The molecule has 2 aromatic rings. The smallest absolute Gasteiger partial charge is 0.255 e. The molecule has 0 aliphatic carbocycles. The van der Waals surface area contributed by atoms with Crippen LogP contribution in [0.3, 0.4) is 0 Å². The van der Waals surface area contributed by atoms with Crippen LogP contribution < -0.4 is 21.1 Å². The summed E-state index contributed by atoms with van der Waals surface area (Å²) in [6.45, 7) is 3.52. The molecule has 0 fully saturated rings. The summed E-state index contributed by atoms with van der Waals surface area (Å²) >= 11 is 0. The maximum absolute atomic E-state index is 12.6. The molecule has 28 heavy (non-hydrogen) atoms. The van der Waals surface area contributed by atoms with E-state index < -0.39 is 11.9 Å². The van der Waals surface area contributed by atoms with Crippen molar-refractivity contribution in [2.75, 3.05) is 11.9 Å². The maximum atomic E-state index is 12.6. The van der Waals surface area contributed by atoms with E-state index in [2.05, 4.69) is 10.6 Å². The fraction of sp³-hybridized carbons (Fsp3) is 0.286. The minimum absolute atomic E-state index is 0.0853. The van der Waals surface area contributed by atoms with Crippen molar-refractivity contribution in [1.82, 2.24) is 5.32 Å². The van der Waals surface area contributed by atoms with Gasteiger partial charge >= 0.3 is 0 Å². The van der Waals surface area contributed by atoms with Crippen LogP contribution in [0.15, 0.2) is 54.6 Å². The molecule has 0 saturated carbocycles. The van der Waals surface area contributed by atoms with E-state index in [1.165, 1.54) is 0 Å². The van der Waals surface area contributed by atoms with E-state index in [4.69, 9.17) is 10.5 Å². The summed E-state index contributed by atoms with van der Waals surface area (Å²) in [4.78, 5) is 35.7. The molecule has 0 heterocycles. The van der Waals surface area contributed by atoms with Gasteiger partial charge in [-0.25, -0.2) is 0 Å². The van der Waals surface area contributed by atoms with Crippen LogP contribution >= 0.6 is 0 Å². The zero-order chi connectivity index (χ0) is 20.5. The molecule has 0 spiro atoms. The highest BCUT2D eigenvalue weighted by Gasteiger charge is 2.24. The SMILES string of the molecule is CC(C)C(NC(=O)Cc1ccccc1)C(=O)Nc1ccc(OCC(N)=O)cc1. The minimum Gasteiger partial charge on any atom is -0.484 e. The van der Waals surface area contributed by atoms with Gasteiger partial charge in [0.05, 0.1) is 6.42 Å². The Balaban J connectivity index is 1.94. The van der Waals surface area contributed by atoms with E-state index in [1.54, 1.807) is 24.3 Å². The summed E-state index contributed by atoms with van der Waals surface area (Å²) in [6, 6.07) is 15.2. The number of nitrogens with one attached hydrogen (secondary N) is 2. The Bertz CT molecular complexity index is 804. The first kappa shape index (κ1) is 21.0. The second-order valence-electron chi connectivity index (χ2n) is 6.72. The highest BCUT2D eigenvalue weighted by Crippen LogP contribution is 2.16. The van der Waals surface area contributed by atoms with E-state index in [9.17, 15) is 14.4 Å². The third-order valence-corrected chi connectivity index (χ3v) is 3.98. The number of ether oxygens (including phenoxy) is 1. The molecule has 7 heteroatoms. The monoisotopic (exact) mass is 383 g/mol. The number of rotatable bonds is 9. The number of primary amides is 1. The van der Waals surface area contributed by atoms with Gasteiger partial charge in [-0.3, -0.25) is 14.4 Å². The molecule has 0 saturated heterocycles. The Morgan fingerprint density at radius 2 is 1.64 bits per heavy atom. The van der Waals surface area contributed by atoms with Gasteiger partial charge in [-0.05, 0) is 35.7 Å². The Morgan fingerprint density at radius 3 is 2.21 bits per heavy atom. The lowest BCUT2D eigenvalue weighted by Crippen LogP contribution is -2.47. The van der Waals surface area contributed by atoms with E-state index in [0.717, 1.165) is 5.56 Å². The summed E-state index contributed by atoms with van der Waals surface area (Å²) in [7, 11) is 0. The number of hydrogen-bond donors (Lipinski definition) is 3. The van der Waals surface area contributed by atoms with Crippen molar-refractivity contribution in [2.45, 2.75) is 26.3 Å². The summed E-state index contributed by atoms with van der Waals surface area (Å²) in [5, 5.41) is 5.59. The average Bonchev–Trinajstić information content (AvgIpc) is 2.66. The van der Waals surface area contributed by atoms with Gasteiger partial charge in [-0.1, -0.05) is 44.2 Å². The number of amides is 3. The van der Waals surface area contributed by atoms with Crippen LogP contribution in [-0.4, -0.2) is 30.4 Å². The molecule has 148 valence electrons. The van der Waals surface area contributed by atoms with Crippen molar-refractivity contribution in [3.63, 3.8) is 0 Å². The van der Waals surface area contributed by atoms with E-state index >= 15 is 0 Å². The highest BCUT2D eigenvalue weighted by molar-refractivity contribution is 5.97. The molecular weight excluding hydrogens is 358 g/mol. The highest BCUT2D eigenvalue weighted by atomic mass is 16.5. The molecule has 0 aliphatic heterocycles. The van der Waals surface area contributed by atoms with Crippen molar-refractivity contribution in [3.8, 4) is 5.75 Å². The molecule has 2 rings (SSSR count). The fourth-order valence-electron chi connectivity index (χ4n) is 2.55. The quantitative estimate of drug-likeness (QED) is 0.614. The van der Waals surface area contributed by atoms with E-state index in [-0.39, 0.29) is 30.8 Å². The van der Waals surface area contributed by atoms with Crippen LogP contribution in [0.2, 0.25) is 0 Å². The molecule has 0 aromatic heterocycles. The van der Waals surface area contributed by atoms with Gasteiger partial charge in [0.25, 0.3) is 5.91 Å². The lowest BCUT2D eigenvalue weighted by Gasteiger charge is -2.22. The van der Waals surface area contributed by atoms with Gasteiger partial charge < -0.3 is 21.1 Å². The van der Waals surface area contributed by atoms with Gasteiger partial charge in [-0.15, -0.1) is 0 Å². The van der Waals surface area contributed by atoms with Gasteiger partial charge in [0.2, 0.25) is 11.8 Å². The molecule has 1 unspecified atom stereocenters. The average molecular weight is 383 g/mol. The Labute approximate surface area is 164 Å². The molecule has 0 radical (unpaired) electrons. The van der Waals surface area contributed by atoms with Gasteiger partial charge in [0.15, 0.2) is 6.61 Å². The summed E-state index contributed by atoms with van der Waals surface area (Å²) in [5.74, 6) is -0.702. The third kappa shape index (κ3) is 6.75. The number of carbonyl (C=O) groups is 3. The summed E-state index contributed by atoms with van der Waals surface area (Å²) in [6.07, 6.45) is 0.212. The fourth-order valence-corrected chi connectivity index (χ4v) is 2.55. The van der Waals surface area contributed by atoms with Crippen molar-refractivity contribution in [3.05, 3.63) is 60.2 Å². The molecule has 0 bridgehead atoms. The normalized spacial score (nSPS) is 11.5. The van der Waals surface area contributed by atoms with E-state index in [0.29, 0.717) is 11.4 Å². The second kappa shape index (κ2) is 10.1. The molecular formula is C21H25N3O4. The van der Waals surface area contributed by atoms with Crippen molar-refractivity contribution >= 4 is 23.4 Å². The molecule has 1 atom stereocenters. The minimum atomic E-state index is -0.665. The largest absolute Gasteiger partial charge is 0.484 e. The number of carbonyl (C=O) groups excluding carboxylic acids is 3. The molecule has 3 amide bonds. The lowest BCUT2D eigenvalue weighted by molar-refractivity contribution is -0.127. The zero-order valence-corrected chi connectivity index (χ0v) is 16.0. The Hall–Kier alpha value is -3.35. The van der Waals surface area contributed by atoms with Crippen LogP contribution in [0, 0.1) is 5.92 Å². The van der Waals surface area contributed by atoms with Gasteiger partial charge in [0, 0.05) is 5.69 Å². The molecule has 7 nitrogen and oxygen atoms in total. The van der Waals surface area contributed by atoms with Gasteiger partial charge in [-0.2, -0.15) is 0 Å². The first-order valence-electron chi connectivity index (χ1n) is 9.00. The topological polar surface area (TPSA) is 111 Å². The predicted octanol–water partition coefficient (Wildman–Crippen LogP) is 1.87. The van der Waals surface area contributed by atoms with Gasteiger partial charge in [0.1, 0.15) is 11.8 Å². The summed E-state index contributed by atoms with van der Waals surface area (Å²) in [5.41, 5.74) is 6.47. The number of benzene rings is 2. The third-order valence-electron chi connectivity index (χ3n) is 3.98. The molecule has 4 N–H and O–H groups in total. The number of anilines is 1. The van der Waals surface area contributed by atoms with E-state index in [1.807, 2.05) is 44.2 Å². The van der Waals surface area contributed by atoms with Crippen LogP contribution in [0.5, 0.6) is 5.75 Å². The number of nitrogens with two attached hydrogens (primary N) is 1. The van der Waals surface area contributed by atoms with Crippen LogP contribution in [-0.2, 0) is 20.8 Å². The number of hydrogen-bond acceptors (Lipinski definition) is 4. The Kier molecular flexibility index (Phi) is 7.56. The maximum Gasteiger partial charge on any atom is 0.255 e. The van der Waals surface area contributed by atoms with Crippen LogP contribution in [0.25, 0.3) is 0 Å². The summed E-state index contributed by atoms with van der Waals surface area (Å²) < 4.78 is 5.18. The molecule has 2 aromatic carbocycles. The first-order chi connectivity index (χ1) is 13.3. The van der Waals surface area contributed by atoms with Crippen LogP contribution in [0.4, 0.5) is 5.69 Å².